The Balaban J connectivity index is 1.31. The van der Waals surface area contributed by atoms with E-state index in [9.17, 15) is 0 Å². The van der Waals surface area contributed by atoms with E-state index in [0.29, 0.717) is 0 Å². The Morgan fingerprint density at radius 3 is 1.64 bits per heavy atom. The summed E-state index contributed by atoms with van der Waals surface area (Å²) in [5.74, 6) is 0. The molecule has 0 radical (unpaired) electrons. The van der Waals surface area contributed by atoms with E-state index in [-0.39, 0.29) is 10.8 Å². The van der Waals surface area contributed by atoms with Crippen LogP contribution in [-0.4, -0.2) is 0 Å². The molecule has 1 heterocycles. The van der Waals surface area contributed by atoms with Gasteiger partial charge in [-0.1, -0.05) is 161 Å². The molecule has 1 aromatic heterocycles. The zero-order valence-electron chi connectivity index (χ0n) is 28.8. The average molecular weight is 644 g/mol. The van der Waals surface area contributed by atoms with Gasteiger partial charge in [0.25, 0.3) is 0 Å². The van der Waals surface area contributed by atoms with Crippen molar-refractivity contribution < 1.29 is 4.42 Å². The molecule has 0 fully saturated rings. The molecule has 0 atom stereocenters. The van der Waals surface area contributed by atoms with Crippen molar-refractivity contribution in [3.05, 3.63) is 174 Å². The fourth-order valence-corrected chi connectivity index (χ4v) is 9.04. The third-order valence-electron chi connectivity index (χ3n) is 11.5. The normalized spacial score (nSPS) is 14.7. The van der Waals surface area contributed by atoms with Gasteiger partial charge in [-0.15, -0.1) is 0 Å². The molecule has 0 saturated heterocycles. The fourth-order valence-electron chi connectivity index (χ4n) is 9.04. The van der Waals surface area contributed by atoms with Crippen molar-refractivity contribution in [1.82, 2.24) is 0 Å². The second kappa shape index (κ2) is 10.3. The Kier molecular flexibility index (Phi) is 6.01. The number of hydrogen-bond donors (Lipinski definition) is 0. The number of para-hydroxylation sites is 2. The van der Waals surface area contributed by atoms with E-state index >= 15 is 0 Å². The summed E-state index contributed by atoms with van der Waals surface area (Å²) in [6.07, 6.45) is 0. The number of rotatable bonds is 4. The Hall–Kier alpha value is -5.86. The molecule has 0 N–H and O–H groups in total. The van der Waals surface area contributed by atoms with Crippen LogP contribution >= 0.6 is 0 Å². The first-order chi connectivity index (χ1) is 24.4. The molecule has 0 unspecified atom stereocenters. The van der Waals surface area contributed by atoms with E-state index in [1.807, 2.05) is 0 Å². The van der Waals surface area contributed by atoms with Gasteiger partial charge in [-0.3, -0.25) is 0 Å². The first-order valence-corrected chi connectivity index (χ1v) is 17.6. The molecule has 240 valence electrons. The van der Waals surface area contributed by atoms with Crippen molar-refractivity contribution in [2.45, 2.75) is 38.5 Å². The zero-order chi connectivity index (χ0) is 33.8. The second-order valence-corrected chi connectivity index (χ2v) is 14.9. The van der Waals surface area contributed by atoms with Crippen LogP contribution in [0.1, 0.15) is 49.9 Å². The highest BCUT2D eigenvalue weighted by atomic mass is 16.3. The molecule has 0 amide bonds. The zero-order valence-corrected chi connectivity index (χ0v) is 28.8. The van der Waals surface area contributed by atoms with Gasteiger partial charge in [0.15, 0.2) is 5.58 Å². The SMILES string of the molecule is CC1(C)c2ccccc2-c2c(N(c3ccccc3-c3ccccc3)c3cccc4c3oc3c5c(ccc34)C(C)(C)c3ccccc3-5)cccc21. The Bertz CT molecular complexity index is 2660. The van der Waals surface area contributed by atoms with Gasteiger partial charge in [-0.05, 0) is 57.1 Å². The molecular weight excluding hydrogens is 607 g/mol. The van der Waals surface area contributed by atoms with Gasteiger partial charge in [0, 0.05) is 38.3 Å². The maximum atomic E-state index is 7.23. The predicted octanol–water partition coefficient (Wildman–Crippen LogP) is 13.3. The summed E-state index contributed by atoms with van der Waals surface area (Å²) in [6.45, 7) is 9.36. The lowest BCUT2D eigenvalue weighted by Gasteiger charge is -2.30. The average Bonchev–Trinajstić information content (AvgIpc) is 3.73. The maximum Gasteiger partial charge on any atom is 0.159 e. The van der Waals surface area contributed by atoms with Crippen LogP contribution in [0.3, 0.4) is 0 Å². The van der Waals surface area contributed by atoms with Crippen LogP contribution in [-0.2, 0) is 10.8 Å². The summed E-state index contributed by atoms with van der Waals surface area (Å²) in [4.78, 5) is 2.46. The quantitative estimate of drug-likeness (QED) is 0.190. The van der Waals surface area contributed by atoms with Gasteiger partial charge >= 0.3 is 0 Å². The molecule has 2 aliphatic rings. The van der Waals surface area contributed by atoms with E-state index in [2.05, 4.69) is 184 Å². The van der Waals surface area contributed by atoms with Gasteiger partial charge in [0.2, 0.25) is 0 Å². The molecule has 0 saturated carbocycles. The van der Waals surface area contributed by atoms with Crippen molar-refractivity contribution in [3.8, 4) is 33.4 Å². The van der Waals surface area contributed by atoms with Crippen LogP contribution in [0.5, 0.6) is 0 Å². The molecular formula is C48H37NO. The topological polar surface area (TPSA) is 16.4 Å². The summed E-state index contributed by atoms with van der Waals surface area (Å²) >= 11 is 0. The van der Waals surface area contributed by atoms with Crippen molar-refractivity contribution >= 4 is 39.0 Å². The standard InChI is InChI=1S/C48H37NO/c1-47(2)36-22-11-8-19-34(36)43-38(47)24-15-26-41(43)49(40-25-13-10-18-31(40)30-16-6-5-7-17-30)42-27-14-21-32-33-28-29-39-44(46(33)50-45(32)42)35-20-9-12-23-37(35)48(39,3)4/h5-29H,1-4H3. The number of benzene rings is 7. The van der Waals surface area contributed by atoms with Crippen LogP contribution in [0.15, 0.2) is 156 Å². The Morgan fingerprint density at radius 2 is 0.900 bits per heavy atom. The lowest BCUT2D eigenvalue weighted by Crippen LogP contribution is -2.16. The summed E-state index contributed by atoms with van der Waals surface area (Å²) in [5.41, 5.74) is 17.7. The van der Waals surface area contributed by atoms with Crippen LogP contribution in [0, 0.1) is 0 Å². The van der Waals surface area contributed by atoms with E-state index in [4.69, 9.17) is 4.42 Å². The van der Waals surface area contributed by atoms with Crippen molar-refractivity contribution in [3.63, 3.8) is 0 Å². The van der Waals surface area contributed by atoms with Crippen molar-refractivity contribution in [2.24, 2.45) is 0 Å². The summed E-state index contributed by atoms with van der Waals surface area (Å²) in [6, 6.07) is 55.3. The first kappa shape index (κ1) is 29.1. The molecule has 0 aliphatic heterocycles. The highest BCUT2D eigenvalue weighted by molar-refractivity contribution is 6.15. The number of fused-ring (bicyclic) bond motifs is 10. The highest BCUT2D eigenvalue weighted by Gasteiger charge is 2.40. The van der Waals surface area contributed by atoms with Crippen LogP contribution in [0.25, 0.3) is 55.3 Å². The Labute approximate surface area is 293 Å². The summed E-state index contributed by atoms with van der Waals surface area (Å²) < 4.78 is 7.23. The van der Waals surface area contributed by atoms with Crippen LogP contribution in [0.2, 0.25) is 0 Å². The van der Waals surface area contributed by atoms with Crippen molar-refractivity contribution in [2.75, 3.05) is 4.90 Å². The molecule has 0 bridgehead atoms. The van der Waals surface area contributed by atoms with E-state index < -0.39 is 0 Å². The minimum absolute atomic E-state index is 0.104. The third-order valence-corrected chi connectivity index (χ3v) is 11.5. The minimum Gasteiger partial charge on any atom is -0.453 e. The monoisotopic (exact) mass is 643 g/mol. The second-order valence-electron chi connectivity index (χ2n) is 14.9. The molecule has 2 nitrogen and oxygen atoms in total. The molecule has 50 heavy (non-hydrogen) atoms. The molecule has 2 heteroatoms. The largest absolute Gasteiger partial charge is 0.453 e. The van der Waals surface area contributed by atoms with Gasteiger partial charge in [-0.25, -0.2) is 0 Å². The minimum atomic E-state index is -0.126. The maximum absolute atomic E-state index is 7.23. The van der Waals surface area contributed by atoms with Crippen LogP contribution in [0.4, 0.5) is 17.1 Å². The number of furan rings is 1. The molecule has 7 aromatic carbocycles. The Morgan fingerprint density at radius 1 is 0.380 bits per heavy atom. The molecule has 10 rings (SSSR count). The summed E-state index contributed by atoms with van der Waals surface area (Å²) in [7, 11) is 0. The van der Waals surface area contributed by atoms with E-state index in [1.54, 1.807) is 0 Å². The molecule has 0 spiro atoms. The first-order valence-electron chi connectivity index (χ1n) is 17.6. The van der Waals surface area contributed by atoms with E-state index in [0.717, 1.165) is 39.0 Å². The van der Waals surface area contributed by atoms with Gasteiger partial charge in [-0.2, -0.15) is 0 Å². The highest BCUT2D eigenvalue weighted by Crippen LogP contribution is 2.57. The summed E-state index contributed by atoms with van der Waals surface area (Å²) in [5, 5.41) is 2.27. The van der Waals surface area contributed by atoms with Gasteiger partial charge < -0.3 is 9.32 Å². The third kappa shape index (κ3) is 3.85. The number of nitrogens with zero attached hydrogens (tertiary/aromatic N) is 1. The van der Waals surface area contributed by atoms with Crippen LogP contribution < -0.4 is 4.90 Å². The van der Waals surface area contributed by atoms with E-state index in [1.165, 1.54) is 55.6 Å². The van der Waals surface area contributed by atoms with Crippen molar-refractivity contribution in [1.29, 1.82) is 0 Å². The molecule has 2 aliphatic carbocycles. The lowest BCUT2D eigenvalue weighted by atomic mass is 9.82. The number of hydrogen-bond acceptors (Lipinski definition) is 2. The fraction of sp³-hybridized carbons (Fsp3) is 0.125. The predicted molar refractivity (Wildman–Crippen MR) is 209 cm³/mol. The van der Waals surface area contributed by atoms with Gasteiger partial charge in [0.1, 0.15) is 5.58 Å². The lowest BCUT2D eigenvalue weighted by molar-refractivity contribution is 0.653. The smallest absolute Gasteiger partial charge is 0.159 e. The molecule has 8 aromatic rings. The number of anilines is 3. The van der Waals surface area contributed by atoms with Gasteiger partial charge in [0.05, 0.1) is 17.1 Å².